The molecule has 4 rings (SSSR count). The van der Waals surface area contributed by atoms with E-state index in [0.29, 0.717) is 23.6 Å². The minimum atomic E-state index is -1.13. The Labute approximate surface area is 200 Å². The molecule has 34 heavy (non-hydrogen) atoms. The number of ether oxygens (including phenoxy) is 2. The van der Waals surface area contributed by atoms with Gasteiger partial charge in [0.15, 0.2) is 0 Å². The minimum Gasteiger partial charge on any atom is -0.496 e. The molecular formula is C25H24FN3O4S. The molecule has 176 valence electrons. The Hall–Kier alpha value is -3.72. The molecule has 0 aliphatic heterocycles. The van der Waals surface area contributed by atoms with Crippen LogP contribution in [0.3, 0.4) is 0 Å². The molecule has 0 atom stereocenters. The molecule has 0 radical (unpaired) electrons. The first-order valence-electron chi connectivity index (χ1n) is 10.8. The lowest BCUT2D eigenvalue weighted by Crippen LogP contribution is -2.08. The highest BCUT2D eigenvalue weighted by molar-refractivity contribution is 7.17. The van der Waals surface area contributed by atoms with Crippen LogP contribution >= 0.6 is 11.3 Å². The summed E-state index contributed by atoms with van der Waals surface area (Å²) in [7, 11) is 1.67. The second-order valence-electron chi connectivity index (χ2n) is 7.53. The summed E-state index contributed by atoms with van der Waals surface area (Å²) in [6.45, 7) is 2.65. The van der Waals surface area contributed by atoms with Crippen molar-refractivity contribution in [1.29, 1.82) is 0 Å². The first kappa shape index (κ1) is 23.4. The number of aromatic nitrogens is 2. The van der Waals surface area contributed by atoms with Gasteiger partial charge in [0, 0.05) is 28.4 Å². The molecule has 0 unspecified atom stereocenters. The van der Waals surface area contributed by atoms with Crippen LogP contribution < -0.4 is 14.8 Å². The number of halogens is 1. The fourth-order valence-corrected chi connectivity index (χ4v) is 4.53. The van der Waals surface area contributed by atoms with Gasteiger partial charge in [0.05, 0.1) is 25.8 Å². The second-order valence-corrected chi connectivity index (χ2v) is 8.47. The molecule has 2 N–H and O–H groups in total. The standard InChI is InChI=1S/C25H24FN3O4S/c1-3-33-22-10-17(9-19(26)18(22)11-25(30)31)20-12-24(29-14-28-20)27-6-4-15-8-16-5-7-34-23(16)13-21(15)32-2/h5,7-10,12-14H,3-4,6,11H2,1-2H3,(H,30,31)(H,27,28,29). The summed E-state index contributed by atoms with van der Waals surface area (Å²) in [5.74, 6) is -0.138. The van der Waals surface area contributed by atoms with Crippen LogP contribution in [0.5, 0.6) is 11.5 Å². The number of methoxy groups -OCH3 is 1. The van der Waals surface area contributed by atoms with Crippen LogP contribution in [0.15, 0.2) is 48.1 Å². The van der Waals surface area contributed by atoms with Crippen LogP contribution in [0.2, 0.25) is 0 Å². The van der Waals surface area contributed by atoms with E-state index in [2.05, 4.69) is 38.9 Å². The Morgan fingerprint density at radius 2 is 2.03 bits per heavy atom. The summed E-state index contributed by atoms with van der Waals surface area (Å²) in [5, 5.41) is 15.6. The number of hydrogen-bond donors (Lipinski definition) is 2. The number of thiophene rings is 1. The molecule has 0 amide bonds. The Balaban J connectivity index is 1.52. The summed E-state index contributed by atoms with van der Waals surface area (Å²) in [4.78, 5) is 19.6. The summed E-state index contributed by atoms with van der Waals surface area (Å²) in [5.41, 5.74) is 2.08. The Bertz CT molecular complexity index is 1330. The number of aliphatic carboxylic acids is 1. The topological polar surface area (TPSA) is 93.6 Å². The first-order chi connectivity index (χ1) is 16.5. The monoisotopic (exact) mass is 481 g/mol. The maximum absolute atomic E-state index is 14.7. The molecule has 0 aliphatic carbocycles. The largest absolute Gasteiger partial charge is 0.496 e. The number of fused-ring (bicyclic) bond motifs is 1. The molecule has 0 aliphatic rings. The van der Waals surface area contributed by atoms with Crippen molar-refractivity contribution in [3.8, 4) is 22.8 Å². The molecule has 4 aromatic rings. The van der Waals surface area contributed by atoms with Gasteiger partial charge >= 0.3 is 5.97 Å². The Kier molecular flexibility index (Phi) is 7.22. The van der Waals surface area contributed by atoms with E-state index in [1.54, 1.807) is 37.5 Å². The van der Waals surface area contributed by atoms with Crippen molar-refractivity contribution in [2.45, 2.75) is 19.8 Å². The SMILES string of the molecule is CCOc1cc(-c2cc(NCCc3cc4ccsc4cc3OC)ncn2)cc(F)c1CC(=O)O. The molecule has 2 heterocycles. The molecule has 0 bridgehead atoms. The molecule has 2 aromatic heterocycles. The van der Waals surface area contributed by atoms with Gasteiger partial charge in [-0.25, -0.2) is 14.4 Å². The van der Waals surface area contributed by atoms with Crippen LogP contribution in [-0.4, -0.2) is 41.3 Å². The zero-order valence-electron chi connectivity index (χ0n) is 18.8. The summed E-state index contributed by atoms with van der Waals surface area (Å²) in [6.07, 6.45) is 1.67. The number of nitrogens with zero attached hydrogens (tertiary/aromatic N) is 2. The van der Waals surface area contributed by atoms with E-state index in [0.717, 1.165) is 17.7 Å². The first-order valence-corrected chi connectivity index (χ1v) is 11.6. The van der Waals surface area contributed by atoms with Crippen LogP contribution in [0.1, 0.15) is 18.1 Å². The fraction of sp³-hybridized carbons (Fsp3) is 0.240. The van der Waals surface area contributed by atoms with Crippen molar-refractivity contribution in [2.75, 3.05) is 25.6 Å². The van der Waals surface area contributed by atoms with Crippen molar-refractivity contribution in [1.82, 2.24) is 9.97 Å². The zero-order chi connectivity index (χ0) is 24.1. The predicted octanol–water partition coefficient (Wildman–Crippen LogP) is 5.19. The number of carboxylic acids is 1. The lowest BCUT2D eigenvalue weighted by molar-refractivity contribution is -0.136. The van der Waals surface area contributed by atoms with Crippen LogP contribution in [-0.2, 0) is 17.6 Å². The van der Waals surface area contributed by atoms with Gasteiger partial charge in [-0.05, 0) is 60.0 Å². The van der Waals surface area contributed by atoms with Crippen LogP contribution in [0.4, 0.5) is 10.2 Å². The molecular weight excluding hydrogens is 457 g/mol. The van der Waals surface area contributed by atoms with E-state index in [1.165, 1.54) is 22.5 Å². The number of nitrogens with one attached hydrogen (secondary N) is 1. The normalized spacial score (nSPS) is 10.9. The minimum absolute atomic E-state index is 0.0158. The van der Waals surface area contributed by atoms with Crippen molar-refractivity contribution in [3.63, 3.8) is 0 Å². The number of rotatable bonds is 10. The Morgan fingerprint density at radius 3 is 2.79 bits per heavy atom. The average Bonchev–Trinajstić information content (AvgIpc) is 3.28. The molecule has 0 saturated carbocycles. The van der Waals surface area contributed by atoms with E-state index in [9.17, 15) is 9.18 Å². The molecule has 0 spiro atoms. The van der Waals surface area contributed by atoms with Gasteiger partial charge in [-0.2, -0.15) is 0 Å². The quantitative estimate of drug-likeness (QED) is 0.322. The van der Waals surface area contributed by atoms with Gasteiger partial charge in [0.25, 0.3) is 0 Å². The van der Waals surface area contributed by atoms with Crippen molar-refractivity contribution in [3.05, 3.63) is 65.0 Å². The van der Waals surface area contributed by atoms with Crippen LogP contribution in [0, 0.1) is 5.82 Å². The van der Waals surface area contributed by atoms with Crippen LogP contribution in [0.25, 0.3) is 21.3 Å². The average molecular weight is 482 g/mol. The van der Waals surface area contributed by atoms with Crippen molar-refractivity contribution >= 4 is 33.2 Å². The lowest BCUT2D eigenvalue weighted by atomic mass is 10.0. The number of hydrogen-bond acceptors (Lipinski definition) is 7. The fourth-order valence-electron chi connectivity index (χ4n) is 3.73. The number of carboxylic acid groups (broad SMARTS) is 1. The highest BCUT2D eigenvalue weighted by Crippen LogP contribution is 2.31. The maximum atomic E-state index is 14.7. The maximum Gasteiger partial charge on any atom is 0.308 e. The van der Waals surface area contributed by atoms with E-state index in [-0.39, 0.29) is 17.9 Å². The molecule has 2 aromatic carbocycles. The lowest BCUT2D eigenvalue weighted by Gasteiger charge is -2.13. The molecule has 9 heteroatoms. The van der Waals surface area contributed by atoms with E-state index in [1.807, 2.05) is 0 Å². The summed E-state index contributed by atoms with van der Waals surface area (Å²) >= 11 is 1.68. The number of benzene rings is 2. The highest BCUT2D eigenvalue weighted by atomic mass is 32.1. The third kappa shape index (κ3) is 5.26. The number of carbonyl (C=O) groups is 1. The van der Waals surface area contributed by atoms with Gasteiger partial charge in [-0.15, -0.1) is 11.3 Å². The highest BCUT2D eigenvalue weighted by Gasteiger charge is 2.17. The van der Waals surface area contributed by atoms with Gasteiger partial charge < -0.3 is 19.9 Å². The molecule has 7 nitrogen and oxygen atoms in total. The van der Waals surface area contributed by atoms with E-state index < -0.39 is 18.2 Å². The van der Waals surface area contributed by atoms with Gasteiger partial charge in [-0.3, -0.25) is 4.79 Å². The number of anilines is 1. The smallest absolute Gasteiger partial charge is 0.308 e. The van der Waals surface area contributed by atoms with Crippen molar-refractivity contribution in [2.24, 2.45) is 0 Å². The zero-order valence-corrected chi connectivity index (χ0v) is 19.6. The summed E-state index contributed by atoms with van der Waals surface area (Å²) in [6, 6.07) is 10.9. The van der Waals surface area contributed by atoms with Gasteiger partial charge in [0.2, 0.25) is 0 Å². The van der Waals surface area contributed by atoms with E-state index in [4.69, 9.17) is 14.6 Å². The second kappa shape index (κ2) is 10.5. The van der Waals surface area contributed by atoms with E-state index >= 15 is 0 Å². The van der Waals surface area contributed by atoms with Gasteiger partial charge in [0.1, 0.15) is 29.5 Å². The third-order valence-electron chi connectivity index (χ3n) is 5.30. The molecule has 0 saturated heterocycles. The van der Waals surface area contributed by atoms with Crippen molar-refractivity contribution < 1.29 is 23.8 Å². The Morgan fingerprint density at radius 1 is 1.18 bits per heavy atom. The predicted molar refractivity (Wildman–Crippen MR) is 131 cm³/mol. The third-order valence-corrected chi connectivity index (χ3v) is 6.18. The molecule has 0 fully saturated rings. The summed E-state index contributed by atoms with van der Waals surface area (Å²) < 4.78 is 26.9. The van der Waals surface area contributed by atoms with Gasteiger partial charge in [-0.1, -0.05) is 0 Å².